The normalized spacial score (nSPS) is 13.0. The Hall–Kier alpha value is -1.35. The largest absolute Gasteiger partial charge is 0.456 e. The van der Waals surface area contributed by atoms with Crippen molar-refractivity contribution in [3.8, 4) is 0 Å². The van der Waals surface area contributed by atoms with Crippen LogP contribution >= 0.6 is 0 Å². The highest BCUT2D eigenvalue weighted by molar-refractivity contribution is 5.70. The molecular formula is C19H30O3. The van der Waals surface area contributed by atoms with E-state index in [2.05, 4.69) is 53.7 Å². The SMILES string of the molecule is CC(C)c1cc(C(C)C)c(C(C)OC(=O)CO)c(C(C)C)c1. The van der Waals surface area contributed by atoms with Crippen molar-refractivity contribution in [3.63, 3.8) is 0 Å². The first-order valence-corrected chi connectivity index (χ1v) is 8.16. The van der Waals surface area contributed by atoms with Gasteiger partial charge in [-0.1, -0.05) is 53.7 Å². The van der Waals surface area contributed by atoms with Crippen LogP contribution in [0.4, 0.5) is 0 Å². The van der Waals surface area contributed by atoms with E-state index in [-0.39, 0.29) is 6.10 Å². The summed E-state index contributed by atoms with van der Waals surface area (Å²) in [6, 6.07) is 4.47. The van der Waals surface area contributed by atoms with E-state index in [1.807, 2.05) is 6.92 Å². The Morgan fingerprint density at radius 1 is 0.955 bits per heavy atom. The van der Waals surface area contributed by atoms with E-state index < -0.39 is 12.6 Å². The average molecular weight is 306 g/mol. The van der Waals surface area contributed by atoms with Crippen molar-refractivity contribution in [1.82, 2.24) is 0 Å². The van der Waals surface area contributed by atoms with Crippen LogP contribution in [0.5, 0.6) is 0 Å². The smallest absolute Gasteiger partial charge is 0.332 e. The highest BCUT2D eigenvalue weighted by atomic mass is 16.6. The van der Waals surface area contributed by atoms with E-state index >= 15 is 0 Å². The first-order chi connectivity index (χ1) is 10.2. The number of hydrogen-bond acceptors (Lipinski definition) is 3. The standard InChI is InChI=1S/C19H30O3/c1-11(2)15-8-16(12(3)4)19(17(9-15)13(5)6)14(7)22-18(21)10-20/h8-9,11-14,20H,10H2,1-7H3. The van der Waals surface area contributed by atoms with Gasteiger partial charge in [0.05, 0.1) is 0 Å². The predicted molar refractivity (Wildman–Crippen MR) is 90.3 cm³/mol. The number of hydrogen-bond donors (Lipinski definition) is 1. The van der Waals surface area contributed by atoms with Gasteiger partial charge in [0.2, 0.25) is 0 Å². The maximum atomic E-state index is 11.5. The molecule has 0 aliphatic carbocycles. The van der Waals surface area contributed by atoms with Crippen LogP contribution in [-0.2, 0) is 9.53 Å². The van der Waals surface area contributed by atoms with Gasteiger partial charge in [-0.15, -0.1) is 0 Å². The third kappa shape index (κ3) is 4.33. The topological polar surface area (TPSA) is 46.5 Å². The van der Waals surface area contributed by atoms with Gasteiger partial charge in [-0.05, 0) is 46.9 Å². The van der Waals surface area contributed by atoms with Crippen LogP contribution in [-0.4, -0.2) is 17.7 Å². The number of aliphatic hydroxyl groups is 1. The molecule has 0 aromatic heterocycles. The molecule has 0 aliphatic rings. The number of ether oxygens (including phenoxy) is 1. The summed E-state index contributed by atoms with van der Waals surface area (Å²) in [6.07, 6.45) is -0.351. The summed E-state index contributed by atoms with van der Waals surface area (Å²) in [5.74, 6) is 0.576. The molecule has 1 unspecified atom stereocenters. The number of benzene rings is 1. The summed E-state index contributed by atoms with van der Waals surface area (Å²) in [6.45, 7) is 14.3. The maximum Gasteiger partial charge on any atom is 0.332 e. The zero-order valence-corrected chi connectivity index (χ0v) is 14.9. The third-order valence-electron chi connectivity index (χ3n) is 4.02. The summed E-state index contributed by atoms with van der Waals surface area (Å²) in [5.41, 5.74) is 4.87. The first-order valence-electron chi connectivity index (χ1n) is 8.16. The first kappa shape index (κ1) is 18.7. The van der Waals surface area contributed by atoms with Crippen molar-refractivity contribution in [2.75, 3.05) is 6.61 Å². The van der Waals surface area contributed by atoms with E-state index in [4.69, 9.17) is 9.84 Å². The molecule has 124 valence electrons. The molecule has 1 aromatic rings. The highest BCUT2D eigenvalue weighted by Crippen LogP contribution is 2.36. The molecule has 0 spiro atoms. The highest BCUT2D eigenvalue weighted by Gasteiger charge is 2.23. The predicted octanol–water partition coefficient (Wildman–Crippen LogP) is 4.65. The van der Waals surface area contributed by atoms with Gasteiger partial charge in [0.1, 0.15) is 12.7 Å². The molecule has 0 fully saturated rings. The molecule has 3 nitrogen and oxygen atoms in total. The van der Waals surface area contributed by atoms with Crippen LogP contribution in [0.15, 0.2) is 12.1 Å². The fourth-order valence-corrected chi connectivity index (χ4v) is 2.77. The number of carbonyl (C=O) groups excluding carboxylic acids is 1. The Kier molecular flexibility index (Phi) is 6.61. The minimum absolute atomic E-state index is 0.349. The zero-order chi connectivity index (χ0) is 17.0. The number of aliphatic hydroxyl groups excluding tert-OH is 1. The molecule has 0 aliphatic heterocycles. The number of carbonyl (C=O) groups is 1. The monoisotopic (exact) mass is 306 g/mol. The molecule has 1 atom stereocenters. The van der Waals surface area contributed by atoms with Gasteiger partial charge in [0.15, 0.2) is 0 Å². The fraction of sp³-hybridized carbons (Fsp3) is 0.632. The van der Waals surface area contributed by atoms with E-state index in [0.29, 0.717) is 17.8 Å². The van der Waals surface area contributed by atoms with E-state index in [0.717, 1.165) is 5.56 Å². The van der Waals surface area contributed by atoms with Gasteiger partial charge >= 0.3 is 5.97 Å². The Morgan fingerprint density at radius 3 is 1.73 bits per heavy atom. The lowest BCUT2D eigenvalue weighted by atomic mass is 9.82. The average Bonchev–Trinajstić information content (AvgIpc) is 2.44. The van der Waals surface area contributed by atoms with Crippen molar-refractivity contribution in [2.45, 2.75) is 72.3 Å². The Bertz CT molecular complexity index is 486. The second kappa shape index (κ2) is 7.77. The summed E-state index contributed by atoms with van der Waals surface area (Å²) in [7, 11) is 0. The van der Waals surface area contributed by atoms with Crippen molar-refractivity contribution in [1.29, 1.82) is 0 Å². The molecule has 3 heteroatoms. The molecule has 1 N–H and O–H groups in total. The molecule has 0 saturated heterocycles. The molecule has 22 heavy (non-hydrogen) atoms. The molecular weight excluding hydrogens is 276 g/mol. The molecule has 0 amide bonds. The van der Waals surface area contributed by atoms with Crippen molar-refractivity contribution >= 4 is 5.97 Å². The number of rotatable bonds is 6. The fourth-order valence-electron chi connectivity index (χ4n) is 2.77. The van der Waals surface area contributed by atoms with Gasteiger partial charge in [0.25, 0.3) is 0 Å². The lowest BCUT2D eigenvalue weighted by Crippen LogP contribution is -2.16. The van der Waals surface area contributed by atoms with E-state index in [1.54, 1.807) is 0 Å². The second-order valence-electron chi connectivity index (χ2n) is 6.87. The Labute approximate surface area is 134 Å². The third-order valence-corrected chi connectivity index (χ3v) is 4.02. The second-order valence-corrected chi connectivity index (χ2v) is 6.87. The van der Waals surface area contributed by atoms with Gasteiger partial charge < -0.3 is 9.84 Å². The maximum absolute atomic E-state index is 11.5. The Morgan fingerprint density at radius 2 is 1.41 bits per heavy atom. The summed E-state index contributed by atoms with van der Waals surface area (Å²) in [5, 5.41) is 8.93. The molecule has 0 saturated carbocycles. The quantitative estimate of drug-likeness (QED) is 0.778. The summed E-state index contributed by atoms with van der Waals surface area (Å²) < 4.78 is 5.38. The van der Waals surface area contributed by atoms with Gasteiger partial charge in [-0.2, -0.15) is 0 Å². The molecule has 0 bridgehead atoms. The van der Waals surface area contributed by atoms with Crippen molar-refractivity contribution in [2.24, 2.45) is 0 Å². The van der Waals surface area contributed by atoms with Crippen LogP contribution in [0.1, 0.15) is 94.6 Å². The van der Waals surface area contributed by atoms with E-state index in [1.165, 1.54) is 16.7 Å². The van der Waals surface area contributed by atoms with Gasteiger partial charge in [0, 0.05) is 0 Å². The molecule has 0 radical (unpaired) electrons. The molecule has 0 heterocycles. The minimum atomic E-state index is -0.581. The molecule has 1 rings (SSSR count). The molecule has 1 aromatic carbocycles. The van der Waals surface area contributed by atoms with Gasteiger partial charge in [-0.3, -0.25) is 0 Å². The van der Waals surface area contributed by atoms with Crippen LogP contribution < -0.4 is 0 Å². The number of esters is 1. The van der Waals surface area contributed by atoms with Crippen LogP contribution in [0.25, 0.3) is 0 Å². The van der Waals surface area contributed by atoms with E-state index in [9.17, 15) is 4.79 Å². The summed E-state index contributed by atoms with van der Waals surface area (Å²) >= 11 is 0. The summed E-state index contributed by atoms with van der Waals surface area (Å²) in [4.78, 5) is 11.5. The van der Waals surface area contributed by atoms with Crippen LogP contribution in [0.2, 0.25) is 0 Å². The Balaban J connectivity index is 3.47. The van der Waals surface area contributed by atoms with Crippen molar-refractivity contribution in [3.05, 3.63) is 34.4 Å². The lowest BCUT2D eigenvalue weighted by Gasteiger charge is -2.26. The zero-order valence-electron chi connectivity index (χ0n) is 14.9. The van der Waals surface area contributed by atoms with Crippen LogP contribution in [0.3, 0.4) is 0 Å². The van der Waals surface area contributed by atoms with Crippen molar-refractivity contribution < 1.29 is 14.6 Å². The minimum Gasteiger partial charge on any atom is -0.456 e. The lowest BCUT2D eigenvalue weighted by molar-refractivity contribution is -0.151. The van der Waals surface area contributed by atoms with Gasteiger partial charge in [-0.25, -0.2) is 4.79 Å². The van der Waals surface area contributed by atoms with Crippen LogP contribution in [0, 0.1) is 0 Å².